The molecule has 0 unspecified atom stereocenters. The average molecular weight is 212 g/mol. The van der Waals surface area contributed by atoms with E-state index in [1.807, 2.05) is 0 Å². The third-order valence-corrected chi connectivity index (χ3v) is 2.29. The number of hydrogen-bond donors (Lipinski definition) is 0. The lowest BCUT2D eigenvalue weighted by atomic mass is 10.2. The van der Waals surface area contributed by atoms with Crippen molar-refractivity contribution in [2.45, 2.75) is 0 Å². The van der Waals surface area contributed by atoms with Crippen LogP contribution in [0.5, 0.6) is 5.75 Å². The first-order valence-electron chi connectivity index (χ1n) is 4.00. The first kappa shape index (κ1) is 9.21. The highest BCUT2D eigenvalue weighted by atomic mass is 35.5. The van der Waals surface area contributed by atoms with Crippen molar-refractivity contribution in [2.24, 2.45) is 0 Å². The topological polar surface area (TPSA) is 22.1 Å². The summed E-state index contributed by atoms with van der Waals surface area (Å²) in [5.41, 5.74) is 0.524. The molecule has 0 atom stereocenters. The largest absolute Gasteiger partial charge is 0.494 e. The van der Waals surface area contributed by atoms with Gasteiger partial charge in [-0.25, -0.2) is 4.39 Å². The van der Waals surface area contributed by atoms with Gasteiger partial charge in [-0.05, 0) is 12.1 Å². The van der Waals surface area contributed by atoms with Crippen LogP contribution in [0.25, 0.3) is 10.9 Å². The number of pyridine rings is 1. The van der Waals surface area contributed by atoms with Crippen LogP contribution in [0.2, 0.25) is 5.02 Å². The van der Waals surface area contributed by atoms with Gasteiger partial charge in [0.2, 0.25) is 0 Å². The lowest BCUT2D eigenvalue weighted by molar-refractivity contribution is 0.387. The molecule has 0 fully saturated rings. The van der Waals surface area contributed by atoms with Crippen molar-refractivity contribution in [1.82, 2.24) is 4.98 Å². The Kier molecular flexibility index (Phi) is 2.25. The Bertz CT molecular complexity index is 487. The highest BCUT2D eigenvalue weighted by Gasteiger charge is 2.07. The second-order valence-electron chi connectivity index (χ2n) is 2.80. The van der Waals surface area contributed by atoms with Gasteiger partial charge in [-0.2, -0.15) is 0 Å². The number of aromatic nitrogens is 1. The maximum Gasteiger partial charge on any atom is 0.167 e. The van der Waals surface area contributed by atoms with Gasteiger partial charge < -0.3 is 4.74 Å². The van der Waals surface area contributed by atoms with E-state index in [-0.39, 0.29) is 5.75 Å². The molecule has 0 saturated heterocycles. The maximum absolute atomic E-state index is 13.2. The first-order valence-corrected chi connectivity index (χ1v) is 4.38. The summed E-state index contributed by atoms with van der Waals surface area (Å²) < 4.78 is 18.1. The van der Waals surface area contributed by atoms with E-state index in [4.69, 9.17) is 16.3 Å². The fraction of sp³-hybridized carbons (Fsp3) is 0.100. The van der Waals surface area contributed by atoms with Crippen molar-refractivity contribution in [3.05, 3.63) is 35.2 Å². The molecule has 0 spiro atoms. The summed E-state index contributed by atoms with van der Waals surface area (Å²) in [7, 11) is 1.41. The zero-order chi connectivity index (χ0) is 10.1. The molecule has 1 heterocycles. The normalized spacial score (nSPS) is 10.5. The molecule has 1 aromatic carbocycles. The van der Waals surface area contributed by atoms with Crippen LogP contribution in [0.3, 0.4) is 0 Å². The van der Waals surface area contributed by atoms with Crippen molar-refractivity contribution in [3.63, 3.8) is 0 Å². The third kappa shape index (κ3) is 1.40. The molecule has 4 heteroatoms. The summed E-state index contributed by atoms with van der Waals surface area (Å²) in [6, 6.07) is 4.50. The van der Waals surface area contributed by atoms with Gasteiger partial charge in [-0.3, -0.25) is 4.98 Å². The van der Waals surface area contributed by atoms with E-state index in [0.717, 1.165) is 0 Å². The van der Waals surface area contributed by atoms with Gasteiger partial charge in [-0.15, -0.1) is 0 Å². The van der Waals surface area contributed by atoms with E-state index in [9.17, 15) is 4.39 Å². The minimum atomic E-state index is -0.435. The number of hydrogen-bond acceptors (Lipinski definition) is 2. The molecule has 0 radical (unpaired) electrons. The van der Waals surface area contributed by atoms with Crippen LogP contribution in [0.15, 0.2) is 24.4 Å². The Morgan fingerprint density at radius 1 is 1.43 bits per heavy atom. The molecule has 1 aromatic heterocycles. The molecule has 0 aliphatic rings. The summed E-state index contributed by atoms with van der Waals surface area (Å²) in [5, 5.41) is 1.22. The van der Waals surface area contributed by atoms with Crippen molar-refractivity contribution >= 4 is 22.5 Å². The molecule has 0 saturated carbocycles. The molecule has 2 aromatic rings. The van der Waals surface area contributed by atoms with Gasteiger partial charge in [0.1, 0.15) is 0 Å². The Labute approximate surface area is 85.3 Å². The highest BCUT2D eigenvalue weighted by Crippen LogP contribution is 2.27. The van der Waals surface area contributed by atoms with Crippen molar-refractivity contribution in [2.75, 3.05) is 7.11 Å². The van der Waals surface area contributed by atoms with Gasteiger partial charge in [0.05, 0.1) is 17.6 Å². The zero-order valence-electron chi connectivity index (χ0n) is 7.42. The second kappa shape index (κ2) is 3.42. The Hall–Kier alpha value is -1.35. The molecule has 0 amide bonds. The maximum atomic E-state index is 13.2. The number of methoxy groups -OCH3 is 1. The fourth-order valence-electron chi connectivity index (χ4n) is 1.27. The van der Waals surface area contributed by atoms with Crippen LogP contribution < -0.4 is 4.74 Å². The lowest BCUT2D eigenvalue weighted by Crippen LogP contribution is -1.89. The van der Waals surface area contributed by atoms with Crippen LogP contribution >= 0.6 is 11.6 Å². The van der Waals surface area contributed by atoms with Gasteiger partial charge >= 0.3 is 0 Å². The minimum Gasteiger partial charge on any atom is -0.494 e. The molecule has 0 aliphatic carbocycles. The quantitative estimate of drug-likeness (QED) is 0.723. The number of benzene rings is 1. The summed E-state index contributed by atoms with van der Waals surface area (Å²) in [6.45, 7) is 0. The molecule has 72 valence electrons. The predicted molar refractivity (Wildman–Crippen MR) is 53.3 cm³/mol. The molecule has 0 aliphatic heterocycles. The SMILES string of the molecule is COc1cc2c(Cl)ccnc2cc1F. The van der Waals surface area contributed by atoms with Crippen molar-refractivity contribution < 1.29 is 9.13 Å². The molecular weight excluding hydrogens is 205 g/mol. The minimum absolute atomic E-state index is 0.174. The van der Waals surface area contributed by atoms with Crippen LogP contribution in [0.1, 0.15) is 0 Å². The molecule has 2 rings (SSSR count). The monoisotopic (exact) mass is 211 g/mol. The van der Waals surface area contributed by atoms with Gasteiger partial charge in [0.15, 0.2) is 11.6 Å². The van der Waals surface area contributed by atoms with Gasteiger partial charge in [0.25, 0.3) is 0 Å². The van der Waals surface area contributed by atoms with Crippen LogP contribution in [-0.4, -0.2) is 12.1 Å². The zero-order valence-corrected chi connectivity index (χ0v) is 8.18. The summed E-state index contributed by atoms with van der Waals surface area (Å²) in [6.07, 6.45) is 1.54. The summed E-state index contributed by atoms with van der Waals surface area (Å²) in [5.74, 6) is -0.262. The smallest absolute Gasteiger partial charge is 0.167 e. The third-order valence-electron chi connectivity index (χ3n) is 1.96. The van der Waals surface area contributed by atoms with E-state index in [1.54, 1.807) is 12.1 Å². The predicted octanol–water partition coefficient (Wildman–Crippen LogP) is 3.04. The Morgan fingerprint density at radius 3 is 2.93 bits per heavy atom. The van der Waals surface area contributed by atoms with E-state index >= 15 is 0 Å². The average Bonchev–Trinajstić information content (AvgIpc) is 2.17. The molecule has 14 heavy (non-hydrogen) atoms. The number of ether oxygens (including phenoxy) is 1. The van der Waals surface area contributed by atoms with Crippen LogP contribution in [-0.2, 0) is 0 Å². The Balaban J connectivity index is 2.80. The van der Waals surface area contributed by atoms with E-state index in [0.29, 0.717) is 15.9 Å². The van der Waals surface area contributed by atoms with Gasteiger partial charge in [0, 0.05) is 17.6 Å². The van der Waals surface area contributed by atoms with E-state index in [2.05, 4.69) is 4.98 Å². The Morgan fingerprint density at radius 2 is 2.21 bits per heavy atom. The molecule has 2 nitrogen and oxygen atoms in total. The van der Waals surface area contributed by atoms with E-state index in [1.165, 1.54) is 19.4 Å². The molecule has 0 bridgehead atoms. The van der Waals surface area contributed by atoms with Crippen molar-refractivity contribution in [1.29, 1.82) is 0 Å². The number of fused-ring (bicyclic) bond motifs is 1. The highest BCUT2D eigenvalue weighted by molar-refractivity contribution is 6.35. The molecular formula is C10H7ClFNO. The van der Waals surface area contributed by atoms with E-state index < -0.39 is 5.82 Å². The van der Waals surface area contributed by atoms with Crippen LogP contribution in [0, 0.1) is 5.82 Å². The number of rotatable bonds is 1. The second-order valence-corrected chi connectivity index (χ2v) is 3.20. The van der Waals surface area contributed by atoms with Gasteiger partial charge in [-0.1, -0.05) is 11.6 Å². The number of nitrogens with zero attached hydrogens (tertiary/aromatic N) is 1. The molecule has 0 N–H and O–H groups in total. The summed E-state index contributed by atoms with van der Waals surface area (Å²) in [4.78, 5) is 4.00. The van der Waals surface area contributed by atoms with Crippen LogP contribution in [0.4, 0.5) is 4.39 Å². The number of halogens is 2. The van der Waals surface area contributed by atoms with Crippen molar-refractivity contribution in [3.8, 4) is 5.75 Å². The fourth-order valence-corrected chi connectivity index (χ4v) is 1.48. The first-order chi connectivity index (χ1) is 6.72. The standard InChI is InChI=1S/C10H7ClFNO/c1-14-10-4-6-7(11)2-3-13-9(6)5-8(10)12/h2-5H,1H3. The summed E-state index contributed by atoms with van der Waals surface area (Å²) >= 11 is 5.92. The lowest BCUT2D eigenvalue weighted by Gasteiger charge is -2.04.